The van der Waals surface area contributed by atoms with E-state index in [1.807, 2.05) is 0 Å². The zero-order chi connectivity index (χ0) is 21.2. The van der Waals surface area contributed by atoms with Crippen molar-refractivity contribution in [1.29, 1.82) is 0 Å². The molecular weight excluding hydrogens is 368 g/mol. The lowest BCUT2D eigenvalue weighted by Gasteiger charge is -2.13. The number of nitro benzene ring substituents is 1. The van der Waals surface area contributed by atoms with Crippen LogP contribution >= 0.6 is 0 Å². The summed E-state index contributed by atoms with van der Waals surface area (Å²) in [5.41, 5.74) is 1.17. The number of hydrogen-bond donors (Lipinski definition) is 1. The lowest BCUT2D eigenvalue weighted by atomic mass is 10.1. The Balaban J connectivity index is 2.26. The molecule has 2 rings (SSSR count). The normalized spacial score (nSPS) is 11.6. The molecule has 148 valence electrons. The van der Waals surface area contributed by atoms with Gasteiger partial charge < -0.3 is 14.5 Å². The molecule has 9 nitrogen and oxygen atoms in total. The minimum absolute atomic E-state index is 0.00323. The van der Waals surface area contributed by atoms with Crippen LogP contribution in [-0.4, -0.2) is 40.8 Å². The standard InChI is InChI=1S/C19H20N2O7/c1-9-13(7-6-8-14(9)21(25)26)18(23)28-12(4)17(22)16-10(2)15(11(3)20-16)19(24)27-5/h6-8,12,20H,1-5H3/t12-/m0/s1. The molecule has 0 saturated heterocycles. The third-order valence-corrected chi connectivity index (χ3v) is 4.45. The summed E-state index contributed by atoms with van der Waals surface area (Å²) in [5.74, 6) is -1.97. The quantitative estimate of drug-likeness (QED) is 0.348. The first-order valence-corrected chi connectivity index (χ1v) is 8.36. The van der Waals surface area contributed by atoms with Crippen molar-refractivity contribution in [1.82, 2.24) is 4.98 Å². The van der Waals surface area contributed by atoms with Crippen LogP contribution < -0.4 is 0 Å². The molecule has 28 heavy (non-hydrogen) atoms. The molecule has 1 aromatic carbocycles. The first-order chi connectivity index (χ1) is 13.1. The Hall–Kier alpha value is -3.49. The average Bonchev–Trinajstić information content (AvgIpc) is 2.94. The first kappa shape index (κ1) is 20.8. The number of aryl methyl sites for hydroxylation is 1. The summed E-state index contributed by atoms with van der Waals surface area (Å²) < 4.78 is 9.92. The largest absolute Gasteiger partial charge is 0.465 e. The molecule has 9 heteroatoms. The molecule has 0 fully saturated rings. The predicted octanol–water partition coefficient (Wildman–Crippen LogP) is 3.06. The third kappa shape index (κ3) is 3.78. The van der Waals surface area contributed by atoms with E-state index in [1.165, 1.54) is 39.2 Å². The lowest BCUT2D eigenvalue weighted by Crippen LogP contribution is -2.25. The van der Waals surface area contributed by atoms with Gasteiger partial charge in [-0.3, -0.25) is 14.9 Å². The number of esters is 2. The summed E-state index contributed by atoms with van der Waals surface area (Å²) in [6.07, 6.45) is -1.17. The molecule has 0 spiro atoms. The summed E-state index contributed by atoms with van der Waals surface area (Å²) in [5, 5.41) is 11.0. The van der Waals surface area contributed by atoms with E-state index >= 15 is 0 Å². The lowest BCUT2D eigenvalue weighted by molar-refractivity contribution is -0.385. The average molecular weight is 388 g/mol. The summed E-state index contributed by atoms with van der Waals surface area (Å²) in [6.45, 7) is 6.03. The topological polar surface area (TPSA) is 129 Å². The fraction of sp³-hybridized carbons (Fsp3) is 0.316. The number of hydrogen-bond acceptors (Lipinski definition) is 7. The second-order valence-corrected chi connectivity index (χ2v) is 6.24. The van der Waals surface area contributed by atoms with Crippen molar-refractivity contribution in [2.75, 3.05) is 7.11 Å². The molecule has 1 N–H and O–H groups in total. The molecule has 0 aliphatic heterocycles. The SMILES string of the molecule is COC(=O)c1c(C)[nH]c(C(=O)[C@H](C)OC(=O)c2cccc([N+](=O)[O-])c2C)c1C. The number of nitrogens with one attached hydrogen (secondary N) is 1. The van der Waals surface area contributed by atoms with Gasteiger partial charge in [0.05, 0.1) is 28.9 Å². The van der Waals surface area contributed by atoms with E-state index in [9.17, 15) is 24.5 Å². The van der Waals surface area contributed by atoms with Crippen LogP contribution in [0.25, 0.3) is 0 Å². The highest BCUT2D eigenvalue weighted by atomic mass is 16.6. The van der Waals surface area contributed by atoms with Crippen LogP contribution in [0.5, 0.6) is 0 Å². The monoisotopic (exact) mass is 388 g/mol. The third-order valence-electron chi connectivity index (χ3n) is 4.45. The summed E-state index contributed by atoms with van der Waals surface area (Å²) in [4.78, 5) is 50.2. The fourth-order valence-corrected chi connectivity index (χ4v) is 2.93. The highest BCUT2D eigenvalue weighted by Crippen LogP contribution is 2.24. The molecule has 0 saturated carbocycles. The number of rotatable bonds is 6. The van der Waals surface area contributed by atoms with Crippen molar-refractivity contribution in [2.24, 2.45) is 0 Å². The Kier molecular flexibility index (Phi) is 5.97. The number of aromatic nitrogens is 1. The van der Waals surface area contributed by atoms with E-state index in [0.29, 0.717) is 11.3 Å². The van der Waals surface area contributed by atoms with Gasteiger partial charge in [0.2, 0.25) is 5.78 Å². The van der Waals surface area contributed by atoms with Crippen LogP contribution in [0.1, 0.15) is 54.9 Å². The molecule has 1 aromatic heterocycles. The highest BCUT2D eigenvalue weighted by molar-refractivity contribution is 6.04. The van der Waals surface area contributed by atoms with Gasteiger partial charge in [0.25, 0.3) is 5.69 Å². The van der Waals surface area contributed by atoms with Crippen LogP contribution in [0, 0.1) is 30.9 Å². The van der Waals surface area contributed by atoms with E-state index in [0.717, 1.165) is 0 Å². The molecule has 0 aliphatic carbocycles. The van der Waals surface area contributed by atoms with E-state index in [1.54, 1.807) is 13.8 Å². The minimum Gasteiger partial charge on any atom is -0.465 e. The number of H-pyrrole nitrogens is 1. The Morgan fingerprint density at radius 1 is 1.11 bits per heavy atom. The van der Waals surface area contributed by atoms with Crippen molar-refractivity contribution in [3.05, 3.63) is 62.0 Å². The summed E-state index contributed by atoms with van der Waals surface area (Å²) in [7, 11) is 1.24. The smallest absolute Gasteiger partial charge is 0.339 e. The maximum atomic E-state index is 12.7. The molecule has 1 heterocycles. The van der Waals surface area contributed by atoms with E-state index in [2.05, 4.69) is 4.98 Å². The van der Waals surface area contributed by atoms with Crippen molar-refractivity contribution < 1.29 is 28.8 Å². The molecule has 2 aromatic rings. The Morgan fingerprint density at radius 2 is 1.75 bits per heavy atom. The maximum absolute atomic E-state index is 12.7. The molecule has 0 unspecified atom stereocenters. The number of methoxy groups -OCH3 is 1. The molecule has 1 atom stereocenters. The predicted molar refractivity (Wildman–Crippen MR) is 98.6 cm³/mol. The Bertz CT molecular complexity index is 975. The van der Waals surface area contributed by atoms with Crippen LogP contribution in [0.3, 0.4) is 0 Å². The van der Waals surface area contributed by atoms with Gasteiger partial charge in [-0.1, -0.05) is 6.07 Å². The fourth-order valence-electron chi connectivity index (χ4n) is 2.93. The summed E-state index contributed by atoms with van der Waals surface area (Å²) in [6, 6.07) is 4.04. The number of ether oxygens (including phenoxy) is 2. The van der Waals surface area contributed by atoms with E-state index < -0.39 is 28.7 Å². The molecule has 0 amide bonds. The van der Waals surface area contributed by atoms with Crippen LogP contribution in [-0.2, 0) is 9.47 Å². The number of nitro groups is 1. The number of carbonyl (C=O) groups is 3. The second-order valence-electron chi connectivity index (χ2n) is 6.24. The number of aromatic amines is 1. The van der Waals surface area contributed by atoms with Gasteiger partial charge in [0.15, 0.2) is 6.10 Å². The minimum atomic E-state index is -1.17. The number of nitrogens with zero attached hydrogens (tertiary/aromatic N) is 1. The molecular formula is C19H20N2O7. The van der Waals surface area contributed by atoms with Gasteiger partial charge in [0.1, 0.15) is 0 Å². The van der Waals surface area contributed by atoms with Crippen molar-refractivity contribution in [3.63, 3.8) is 0 Å². The second kappa shape index (κ2) is 8.03. The van der Waals surface area contributed by atoms with Crippen LogP contribution in [0.4, 0.5) is 5.69 Å². The van der Waals surface area contributed by atoms with E-state index in [4.69, 9.17) is 9.47 Å². The first-order valence-electron chi connectivity index (χ1n) is 8.36. The van der Waals surface area contributed by atoms with Gasteiger partial charge in [-0.2, -0.15) is 0 Å². The van der Waals surface area contributed by atoms with Gasteiger partial charge >= 0.3 is 11.9 Å². The van der Waals surface area contributed by atoms with Crippen molar-refractivity contribution in [3.8, 4) is 0 Å². The molecule has 0 aliphatic rings. The van der Waals surface area contributed by atoms with Crippen molar-refractivity contribution >= 4 is 23.4 Å². The zero-order valence-corrected chi connectivity index (χ0v) is 16.1. The van der Waals surface area contributed by atoms with Gasteiger partial charge in [-0.05, 0) is 39.3 Å². The summed E-state index contributed by atoms with van der Waals surface area (Å²) >= 11 is 0. The van der Waals surface area contributed by atoms with Crippen molar-refractivity contribution in [2.45, 2.75) is 33.8 Å². The Morgan fingerprint density at radius 3 is 2.32 bits per heavy atom. The van der Waals surface area contributed by atoms with Crippen LogP contribution in [0.2, 0.25) is 0 Å². The molecule has 0 radical (unpaired) electrons. The van der Waals surface area contributed by atoms with E-state index in [-0.39, 0.29) is 28.1 Å². The number of benzene rings is 1. The van der Waals surface area contributed by atoms with Gasteiger partial charge in [0, 0.05) is 17.3 Å². The number of ketones is 1. The van der Waals surface area contributed by atoms with Gasteiger partial charge in [-0.25, -0.2) is 9.59 Å². The van der Waals surface area contributed by atoms with Crippen LogP contribution in [0.15, 0.2) is 18.2 Å². The molecule has 0 bridgehead atoms. The van der Waals surface area contributed by atoms with Gasteiger partial charge in [-0.15, -0.1) is 0 Å². The maximum Gasteiger partial charge on any atom is 0.339 e. The zero-order valence-electron chi connectivity index (χ0n) is 16.1. The highest BCUT2D eigenvalue weighted by Gasteiger charge is 2.28. The number of carbonyl (C=O) groups excluding carboxylic acids is 3. The Labute approximate surface area is 160 Å². The number of Topliss-reactive ketones (excluding diaryl/α,β-unsaturated/α-hetero) is 1.